The van der Waals surface area contributed by atoms with Crippen molar-refractivity contribution in [2.75, 3.05) is 6.54 Å². The fourth-order valence-electron chi connectivity index (χ4n) is 1.04. The Hall–Kier alpha value is 0.390. The first-order valence-corrected chi connectivity index (χ1v) is 4.29. The SMILES string of the molecule is CC(P)CC(C)CCN. The maximum atomic E-state index is 5.40. The molecule has 0 fully saturated rings. The quantitative estimate of drug-likeness (QED) is 0.601. The Morgan fingerprint density at radius 1 is 1.44 bits per heavy atom. The molecule has 0 aliphatic heterocycles. The first-order chi connectivity index (χ1) is 4.16. The average Bonchev–Trinajstić information content (AvgIpc) is 1.63. The van der Waals surface area contributed by atoms with Gasteiger partial charge in [-0.3, -0.25) is 0 Å². The summed E-state index contributed by atoms with van der Waals surface area (Å²) in [5.41, 5.74) is 6.14. The molecule has 1 nitrogen and oxygen atoms in total. The Kier molecular flexibility index (Phi) is 5.42. The minimum Gasteiger partial charge on any atom is -0.330 e. The van der Waals surface area contributed by atoms with Gasteiger partial charge < -0.3 is 5.73 Å². The molecule has 0 aliphatic carbocycles. The Balaban J connectivity index is 3.15. The molecule has 3 atom stereocenters. The van der Waals surface area contributed by atoms with Crippen molar-refractivity contribution in [3.05, 3.63) is 0 Å². The molecule has 0 saturated heterocycles. The Morgan fingerprint density at radius 3 is 2.33 bits per heavy atom. The summed E-state index contributed by atoms with van der Waals surface area (Å²) in [5.74, 6) is 0.794. The van der Waals surface area contributed by atoms with Crippen molar-refractivity contribution >= 4 is 9.24 Å². The number of hydrogen-bond acceptors (Lipinski definition) is 1. The molecule has 0 heterocycles. The van der Waals surface area contributed by atoms with Crippen molar-refractivity contribution in [1.29, 1.82) is 0 Å². The van der Waals surface area contributed by atoms with E-state index in [-0.39, 0.29) is 0 Å². The van der Waals surface area contributed by atoms with Crippen molar-refractivity contribution in [1.82, 2.24) is 0 Å². The molecule has 0 amide bonds. The zero-order chi connectivity index (χ0) is 7.28. The highest BCUT2D eigenvalue weighted by Crippen LogP contribution is 2.14. The molecule has 0 aliphatic rings. The van der Waals surface area contributed by atoms with Gasteiger partial charge >= 0.3 is 0 Å². The summed E-state index contributed by atoms with van der Waals surface area (Å²) in [6, 6.07) is 0. The van der Waals surface area contributed by atoms with Gasteiger partial charge in [0.25, 0.3) is 0 Å². The Labute approximate surface area is 60.6 Å². The van der Waals surface area contributed by atoms with Crippen LogP contribution >= 0.6 is 9.24 Å². The van der Waals surface area contributed by atoms with E-state index in [0.717, 1.165) is 18.1 Å². The van der Waals surface area contributed by atoms with Crippen LogP contribution in [0.25, 0.3) is 0 Å². The van der Waals surface area contributed by atoms with E-state index in [1.54, 1.807) is 0 Å². The molecule has 9 heavy (non-hydrogen) atoms. The monoisotopic (exact) mass is 147 g/mol. The largest absolute Gasteiger partial charge is 0.330 e. The van der Waals surface area contributed by atoms with Crippen molar-refractivity contribution < 1.29 is 0 Å². The predicted octanol–water partition coefficient (Wildman–Crippen LogP) is 1.62. The van der Waals surface area contributed by atoms with Crippen LogP contribution in [0.4, 0.5) is 0 Å². The van der Waals surface area contributed by atoms with E-state index >= 15 is 0 Å². The predicted molar refractivity (Wildman–Crippen MR) is 46.6 cm³/mol. The lowest BCUT2D eigenvalue weighted by molar-refractivity contribution is 0.499. The van der Waals surface area contributed by atoms with E-state index < -0.39 is 0 Å². The molecular weight excluding hydrogens is 129 g/mol. The second kappa shape index (κ2) is 5.20. The van der Waals surface area contributed by atoms with Gasteiger partial charge in [-0.1, -0.05) is 13.8 Å². The minimum absolute atomic E-state index is 0.742. The van der Waals surface area contributed by atoms with Crippen molar-refractivity contribution in [3.63, 3.8) is 0 Å². The topological polar surface area (TPSA) is 26.0 Å². The number of hydrogen-bond donors (Lipinski definition) is 1. The van der Waals surface area contributed by atoms with Crippen LogP contribution in [0.1, 0.15) is 26.7 Å². The van der Waals surface area contributed by atoms with Crippen LogP contribution in [-0.4, -0.2) is 12.2 Å². The summed E-state index contributed by atoms with van der Waals surface area (Å²) < 4.78 is 0. The van der Waals surface area contributed by atoms with Crippen LogP contribution in [0.3, 0.4) is 0 Å². The highest BCUT2D eigenvalue weighted by atomic mass is 31.0. The lowest BCUT2D eigenvalue weighted by Crippen LogP contribution is -2.08. The molecule has 0 aromatic heterocycles. The zero-order valence-electron chi connectivity index (χ0n) is 6.43. The van der Waals surface area contributed by atoms with Gasteiger partial charge in [0.15, 0.2) is 0 Å². The summed E-state index contributed by atoms with van der Waals surface area (Å²) in [5, 5.41) is 0. The summed E-state index contributed by atoms with van der Waals surface area (Å²) in [6.45, 7) is 5.31. The Morgan fingerprint density at radius 2 is 2.00 bits per heavy atom. The van der Waals surface area contributed by atoms with E-state index in [2.05, 4.69) is 23.1 Å². The maximum absolute atomic E-state index is 5.40. The third kappa shape index (κ3) is 6.27. The smallest absolute Gasteiger partial charge is 0.00747 e. The Bertz CT molecular complexity index is 63.9. The van der Waals surface area contributed by atoms with Gasteiger partial charge in [-0.25, -0.2) is 0 Å². The molecule has 0 radical (unpaired) electrons. The molecule has 0 saturated carbocycles. The van der Waals surface area contributed by atoms with Crippen LogP contribution < -0.4 is 5.73 Å². The van der Waals surface area contributed by atoms with Gasteiger partial charge in [0.1, 0.15) is 0 Å². The highest BCUT2D eigenvalue weighted by molar-refractivity contribution is 7.17. The average molecular weight is 147 g/mol. The lowest BCUT2D eigenvalue weighted by atomic mass is 10.0. The van der Waals surface area contributed by atoms with Crippen LogP contribution in [0.15, 0.2) is 0 Å². The standard InChI is InChI=1S/C7H18NP/c1-6(3-4-8)5-7(2)9/h6-7H,3-5,8-9H2,1-2H3. The normalized spacial score (nSPS) is 17.3. The van der Waals surface area contributed by atoms with Crippen LogP contribution in [0, 0.1) is 5.92 Å². The van der Waals surface area contributed by atoms with Crippen LogP contribution in [0.5, 0.6) is 0 Å². The molecule has 0 aromatic carbocycles. The molecule has 3 unspecified atom stereocenters. The van der Waals surface area contributed by atoms with E-state index in [0.29, 0.717) is 0 Å². The second-order valence-corrected chi connectivity index (χ2v) is 4.03. The van der Waals surface area contributed by atoms with Crippen molar-refractivity contribution in [2.45, 2.75) is 32.3 Å². The fourth-order valence-corrected chi connectivity index (χ4v) is 1.50. The third-order valence-electron chi connectivity index (χ3n) is 1.43. The molecule has 0 spiro atoms. The fraction of sp³-hybridized carbons (Fsp3) is 1.00. The molecule has 0 aromatic rings. The first kappa shape index (κ1) is 9.39. The van der Waals surface area contributed by atoms with Gasteiger partial charge in [0.2, 0.25) is 0 Å². The van der Waals surface area contributed by atoms with Crippen molar-refractivity contribution in [3.8, 4) is 0 Å². The van der Waals surface area contributed by atoms with E-state index in [1.165, 1.54) is 12.8 Å². The summed E-state index contributed by atoms with van der Waals surface area (Å²) in [6.07, 6.45) is 2.45. The van der Waals surface area contributed by atoms with Gasteiger partial charge in [-0.05, 0) is 31.0 Å². The minimum atomic E-state index is 0.742. The first-order valence-electron chi connectivity index (χ1n) is 3.62. The van der Waals surface area contributed by atoms with Gasteiger partial charge in [-0.2, -0.15) is 0 Å². The molecule has 2 heteroatoms. The highest BCUT2D eigenvalue weighted by Gasteiger charge is 2.02. The van der Waals surface area contributed by atoms with Gasteiger partial charge in [0, 0.05) is 0 Å². The lowest BCUT2D eigenvalue weighted by Gasteiger charge is -2.11. The number of rotatable bonds is 4. The van der Waals surface area contributed by atoms with Crippen LogP contribution in [0.2, 0.25) is 0 Å². The summed E-state index contributed by atoms with van der Waals surface area (Å²) >= 11 is 0. The van der Waals surface area contributed by atoms with E-state index in [9.17, 15) is 0 Å². The molecule has 2 N–H and O–H groups in total. The summed E-state index contributed by atoms with van der Waals surface area (Å²) in [7, 11) is 2.81. The molecule has 56 valence electrons. The van der Waals surface area contributed by atoms with Gasteiger partial charge in [0.05, 0.1) is 0 Å². The zero-order valence-corrected chi connectivity index (χ0v) is 7.59. The van der Waals surface area contributed by atoms with E-state index in [4.69, 9.17) is 5.73 Å². The molecule has 0 rings (SSSR count). The summed E-state index contributed by atoms with van der Waals surface area (Å²) in [4.78, 5) is 0. The van der Waals surface area contributed by atoms with Crippen LogP contribution in [-0.2, 0) is 0 Å². The maximum Gasteiger partial charge on any atom is -0.00747 e. The van der Waals surface area contributed by atoms with E-state index in [1.807, 2.05) is 0 Å². The second-order valence-electron chi connectivity index (χ2n) is 2.90. The van der Waals surface area contributed by atoms with Crippen molar-refractivity contribution in [2.24, 2.45) is 11.7 Å². The van der Waals surface area contributed by atoms with Gasteiger partial charge in [-0.15, -0.1) is 9.24 Å². The molecular formula is C7H18NP. The number of nitrogens with two attached hydrogens (primary N) is 1. The molecule has 0 bridgehead atoms. The third-order valence-corrected chi connectivity index (χ3v) is 1.71.